The summed E-state index contributed by atoms with van der Waals surface area (Å²) in [5.41, 5.74) is 0.491. The fraction of sp³-hybridized carbons (Fsp3) is 0.556. The summed E-state index contributed by atoms with van der Waals surface area (Å²) in [4.78, 5) is 26.2. The molecule has 0 saturated carbocycles. The van der Waals surface area contributed by atoms with E-state index in [4.69, 9.17) is 4.74 Å². The monoisotopic (exact) mass is 320 g/mol. The lowest BCUT2D eigenvalue weighted by Crippen LogP contribution is -2.49. The number of benzene rings is 1. The second kappa shape index (κ2) is 7.49. The van der Waals surface area contributed by atoms with E-state index >= 15 is 0 Å². The third-order valence-corrected chi connectivity index (χ3v) is 3.93. The van der Waals surface area contributed by atoms with Crippen molar-refractivity contribution in [2.45, 2.75) is 46.7 Å². The summed E-state index contributed by atoms with van der Waals surface area (Å²) in [7, 11) is 3.37. The summed E-state index contributed by atoms with van der Waals surface area (Å²) in [6.07, 6.45) is 0. The minimum Gasteiger partial charge on any atom is -0.497 e. The minimum atomic E-state index is -0.563. The molecule has 1 aromatic rings. The van der Waals surface area contributed by atoms with Crippen molar-refractivity contribution in [1.82, 2.24) is 10.2 Å². The van der Waals surface area contributed by atoms with Crippen LogP contribution in [-0.4, -0.2) is 36.9 Å². The molecule has 0 aliphatic carbocycles. The Morgan fingerprint density at radius 1 is 1.13 bits per heavy atom. The lowest BCUT2D eigenvalue weighted by Gasteiger charge is -2.29. The number of ether oxygens (including phenoxy) is 1. The van der Waals surface area contributed by atoms with E-state index in [-0.39, 0.29) is 17.9 Å². The number of hydrogen-bond donors (Lipinski definition) is 1. The lowest BCUT2D eigenvalue weighted by molar-refractivity contribution is -0.138. The summed E-state index contributed by atoms with van der Waals surface area (Å²) >= 11 is 0. The number of hydrogen-bond acceptors (Lipinski definition) is 3. The summed E-state index contributed by atoms with van der Waals surface area (Å²) in [5, 5.41) is 2.77. The van der Waals surface area contributed by atoms with Gasteiger partial charge in [0, 0.05) is 12.5 Å². The Bertz CT molecular complexity index is 546. The van der Waals surface area contributed by atoms with Crippen LogP contribution in [0.1, 0.15) is 46.2 Å². The molecule has 1 N–H and O–H groups in total. The highest BCUT2D eigenvalue weighted by molar-refractivity contribution is 5.89. The molecule has 0 radical (unpaired) electrons. The minimum absolute atomic E-state index is 0.0950. The number of methoxy groups -OCH3 is 1. The maximum absolute atomic E-state index is 12.5. The molecular weight excluding hydrogens is 292 g/mol. The van der Waals surface area contributed by atoms with Crippen LogP contribution in [0.5, 0.6) is 5.75 Å². The van der Waals surface area contributed by atoms with Crippen molar-refractivity contribution in [1.29, 1.82) is 0 Å². The van der Waals surface area contributed by atoms with Crippen molar-refractivity contribution >= 4 is 11.8 Å². The van der Waals surface area contributed by atoms with Crippen LogP contribution in [-0.2, 0) is 9.59 Å². The smallest absolute Gasteiger partial charge is 0.245 e. The van der Waals surface area contributed by atoms with E-state index in [1.165, 1.54) is 0 Å². The predicted octanol–water partition coefficient (Wildman–Crippen LogP) is 2.77. The molecule has 23 heavy (non-hydrogen) atoms. The highest BCUT2D eigenvalue weighted by atomic mass is 16.5. The third-order valence-electron chi connectivity index (χ3n) is 3.93. The molecule has 1 rings (SSSR count). The van der Waals surface area contributed by atoms with E-state index in [9.17, 15) is 9.59 Å². The second-order valence-corrected chi connectivity index (χ2v) is 6.84. The topological polar surface area (TPSA) is 58.6 Å². The molecular formula is C18H28N2O3. The first-order valence-corrected chi connectivity index (χ1v) is 7.79. The van der Waals surface area contributed by atoms with Crippen LogP contribution >= 0.6 is 0 Å². The van der Waals surface area contributed by atoms with Gasteiger partial charge in [-0.25, -0.2) is 0 Å². The van der Waals surface area contributed by atoms with Gasteiger partial charge in [0.1, 0.15) is 11.8 Å². The van der Waals surface area contributed by atoms with Crippen molar-refractivity contribution < 1.29 is 14.3 Å². The molecule has 0 saturated heterocycles. The van der Waals surface area contributed by atoms with E-state index in [2.05, 4.69) is 5.32 Å². The Morgan fingerprint density at radius 3 is 2.09 bits per heavy atom. The van der Waals surface area contributed by atoms with E-state index in [0.29, 0.717) is 0 Å². The Balaban J connectivity index is 2.76. The number of nitrogens with one attached hydrogen (secondary N) is 1. The van der Waals surface area contributed by atoms with Gasteiger partial charge in [-0.2, -0.15) is 0 Å². The highest BCUT2D eigenvalue weighted by Crippen LogP contribution is 2.22. The fourth-order valence-electron chi connectivity index (χ4n) is 2.08. The molecule has 0 fully saturated rings. The van der Waals surface area contributed by atoms with E-state index in [1.54, 1.807) is 26.0 Å². The Labute approximate surface area is 139 Å². The predicted molar refractivity (Wildman–Crippen MR) is 91.2 cm³/mol. The van der Waals surface area contributed by atoms with Gasteiger partial charge in [0.05, 0.1) is 13.2 Å². The quantitative estimate of drug-likeness (QED) is 0.907. The number of nitrogens with zero attached hydrogens (tertiary/aromatic N) is 1. The summed E-state index contributed by atoms with van der Waals surface area (Å²) < 4.78 is 5.14. The molecule has 2 unspecified atom stereocenters. The molecule has 0 aliphatic heterocycles. The van der Waals surface area contributed by atoms with Gasteiger partial charge >= 0.3 is 0 Å². The van der Waals surface area contributed by atoms with Crippen molar-refractivity contribution in [3.63, 3.8) is 0 Å². The first-order chi connectivity index (χ1) is 10.6. The molecule has 2 amide bonds. The molecule has 2 atom stereocenters. The number of carbonyl (C=O) groups excluding carboxylic acids is 2. The molecule has 128 valence electrons. The first kappa shape index (κ1) is 19.0. The maximum Gasteiger partial charge on any atom is 0.245 e. The SMILES string of the molecule is COc1ccc(C(C)N(C)C(=O)C(C)NC(=O)C(C)(C)C)cc1. The summed E-state index contributed by atoms with van der Waals surface area (Å²) in [6.45, 7) is 9.14. The Kier molecular flexibility index (Phi) is 6.19. The van der Waals surface area contributed by atoms with Crippen molar-refractivity contribution in [3.8, 4) is 5.75 Å². The zero-order chi connectivity index (χ0) is 17.8. The van der Waals surface area contributed by atoms with Crippen molar-refractivity contribution in [3.05, 3.63) is 29.8 Å². The number of carbonyl (C=O) groups is 2. The first-order valence-electron chi connectivity index (χ1n) is 7.79. The maximum atomic E-state index is 12.5. The zero-order valence-electron chi connectivity index (χ0n) is 15.1. The second-order valence-electron chi connectivity index (χ2n) is 6.84. The molecule has 0 bridgehead atoms. The van der Waals surface area contributed by atoms with Gasteiger partial charge in [-0.05, 0) is 31.5 Å². The van der Waals surface area contributed by atoms with Gasteiger partial charge in [-0.15, -0.1) is 0 Å². The van der Waals surface area contributed by atoms with Crippen LogP contribution < -0.4 is 10.1 Å². The Hall–Kier alpha value is -2.04. The van der Waals surface area contributed by atoms with Crippen LogP contribution in [0.15, 0.2) is 24.3 Å². The molecule has 1 aromatic carbocycles. The highest BCUT2D eigenvalue weighted by Gasteiger charge is 2.28. The van der Waals surface area contributed by atoms with Crippen molar-refractivity contribution in [2.24, 2.45) is 5.41 Å². The van der Waals surface area contributed by atoms with Crippen LogP contribution in [0.3, 0.4) is 0 Å². The van der Waals surface area contributed by atoms with Crippen LogP contribution in [0.4, 0.5) is 0 Å². The van der Waals surface area contributed by atoms with E-state index in [0.717, 1.165) is 11.3 Å². The lowest BCUT2D eigenvalue weighted by atomic mass is 9.95. The zero-order valence-corrected chi connectivity index (χ0v) is 15.1. The molecule has 0 spiro atoms. The van der Waals surface area contributed by atoms with Gasteiger partial charge in [-0.1, -0.05) is 32.9 Å². The van der Waals surface area contributed by atoms with E-state index in [1.807, 2.05) is 52.0 Å². The molecule has 0 aromatic heterocycles. The van der Waals surface area contributed by atoms with Gasteiger partial charge < -0.3 is 15.0 Å². The van der Waals surface area contributed by atoms with Crippen LogP contribution in [0, 0.1) is 5.41 Å². The molecule has 5 nitrogen and oxygen atoms in total. The number of amides is 2. The van der Waals surface area contributed by atoms with Crippen molar-refractivity contribution in [2.75, 3.05) is 14.2 Å². The summed E-state index contributed by atoms with van der Waals surface area (Å²) in [6, 6.07) is 6.95. The largest absolute Gasteiger partial charge is 0.497 e. The summed E-state index contributed by atoms with van der Waals surface area (Å²) in [5.74, 6) is 0.524. The van der Waals surface area contributed by atoms with E-state index < -0.39 is 11.5 Å². The van der Waals surface area contributed by atoms with Gasteiger partial charge in [0.2, 0.25) is 11.8 Å². The van der Waals surface area contributed by atoms with Gasteiger partial charge in [0.25, 0.3) is 0 Å². The number of likely N-dealkylation sites (N-methyl/N-ethyl adjacent to an activating group) is 1. The molecule has 5 heteroatoms. The fourth-order valence-corrected chi connectivity index (χ4v) is 2.08. The Morgan fingerprint density at radius 2 is 1.65 bits per heavy atom. The average Bonchev–Trinajstić information content (AvgIpc) is 2.51. The van der Waals surface area contributed by atoms with Crippen LogP contribution in [0.2, 0.25) is 0 Å². The average molecular weight is 320 g/mol. The molecule has 0 aliphatic rings. The third kappa shape index (κ3) is 4.98. The van der Waals surface area contributed by atoms with Crippen LogP contribution in [0.25, 0.3) is 0 Å². The normalized spacial score (nSPS) is 13.9. The van der Waals surface area contributed by atoms with Gasteiger partial charge in [0.15, 0.2) is 0 Å². The standard InChI is InChI=1S/C18H28N2O3/c1-12(19-17(22)18(3,4)5)16(21)20(6)13(2)14-8-10-15(23-7)11-9-14/h8-13H,1-7H3,(H,19,22). The molecule has 0 heterocycles. The van der Waals surface area contributed by atoms with Gasteiger partial charge in [-0.3, -0.25) is 9.59 Å². The number of rotatable bonds is 5.